The van der Waals surface area contributed by atoms with E-state index < -0.39 is 0 Å². The molecule has 5 rings (SSSR count). The molecule has 0 radical (unpaired) electrons. The average Bonchev–Trinajstić information content (AvgIpc) is 3.52. The fourth-order valence-corrected chi connectivity index (χ4v) is 4.08. The average molecular weight is 450 g/mol. The highest BCUT2D eigenvalue weighted by atomic mass is 16.2. The summed E-state index contributed by atoms with van der Waals surface area (Å²) in [6.45, 7) is 5.21. The number of pyridine rings is 1. The second-order valence-electron chi connectivity index (χ2n) is 8.36. The molecule has 3 heterocycles. The van der Waals surface area contributed by atoms with Crippen molar-refractivity contribution in [3.63, 3.8) is 0 Å². The number of carbonyl (C=O) groups excluding carboxylic acids is 1. The molecule has 0 atom stereocenters. The lowest BCUT2D eigenvalue weighted by molar-refractivity contribution is 0.255. The van der Waals surface area contributed by atoms with Gasteiger partial charge in [-0.05, 0) is 61.4 Å². The summed E-state index contributed by atoms with van der Waals surface area (Å²) >= 11 is 0. The number of hydrogen-bond acceptors (Lipinski definition) is 5. The van der Waals surface area contributed by atoms with Crippen molar-refractivity contribution < 1.29 is 4.79 Å². The summed E-state index contributed by atoms with van der Waals surface area (Å²) in [7, 11) is 0. The molecule has 0 aliphatic carbocycles. The number of amides is 2. The minimum Gasteiger partial charge on any atom is -0.310 e. The summed E-state index contributed by atoms with van der Waals surface area (Å²) in [6.07, 6.45) is 1.69. The normalized spacial score (nSPS) is 13.5. The molecule has 0 N–H and O–H groups in total. The van der Waals surface area contributed by atoms with Gasteiger partial charge in [-0.15, -0.1) is 10.2 Å². The van der Waals surface area contributed by atoms with Gasteiger partial charge in [0.25, 0.3) is 0 Å². The maximum Gasteiger partial charge on any atom is 0.330 e. The van der Waals surface area contributed by atoms with Crippen molar-refractivity contribution >= 4 is 17.5 Å². The third-order valence-electron chi connectivity index (χ3n) is 5.88. The molecule has 0 spiro atoms. The lowest BCUT2D eigenvalue weighted by atomic mass is 10.0. The zero-order chi connectivity index (χ0) is 23.7. The minimum absolute atomic E-state index is 0.119. The molecule has 4 aromatic rings. The first-order valence-corrected chi connectivity index (χ1v) is 11.1. The van der Waals surface area contributed by atoms with E-state index in [2.05, 4.69) is 30.1 Å². The standard InChI is InChI=1S/C26H23N7O/c1-18(2)33-17-28-30-25(33)23-7-4-8-24(29-23)32-14-13-31(26(32)34)22-6-3-5-21(15-22)20-11-9-19(16-27)10-12-20/h3-12,15,17-18H,13-14H2,1-2H3. The van der Waals surface area contributed by atoms with E-state index >= 15 is 0 Å². The third kappa shape index (κ3) is 3.88. The first-order chi connectivity index (χ1) is 16.5. The van der Waals surface area contributed by atoms with Crippen LogP contribution in [0.25, 0.3) is 22.6 Å². The van der Waals surface area contributed by atoms with Crippen molar-refractivity contribution in [1.29, 1.82) is 5.26 Å². The highest BCUT2D eigenvalue weighted by Gasteiger charge is 2.32. The number of anilines is 2. The second kappa shape index (κ2) is 8.79. The Morgan fingerprint density at radius 3 is 2.47 bits per heavy atom. The van der Waals surface area contributed by atoms with Gasteiger partial charge in [0.1, 0.15) is 17.8 Å². The second-order valence-corrected chi connectivity index (χ2v) is 8.36. The van der Waals surface area contributed by atoms with Gasteiger partial charge in [-0.3, -0.25) is 9.80 Å². The molecule has 2 amide bonds. The molecule has 1 aliphatic heterocycles. The van der Waals surface area contributed by atoms with Gasteiger partial charge in [0.05, 0.1) is 11.6 Å². The van der Waals surface area contributed by atoms with E-state index in [1.807, 2.05) is 59.2 Å². The van der Waals surface area contributed by atoms with Crippen LogP contribution in [-0.4, -0.2) is 38.9 Å². The Morgan fingerprint density at radius 2 is 1.71 bits per heavy atom. The molecule has 0 unspecified atom stereocenters. The van der Waals surface area contributed by atoms with Crippen LogP contribution in [0, 0.1) is 11.3 Å². The van der Waals surface area contributed by atoms with Gasteiger partial charge >= 0.3 is 6.03 Å². The molecule has 0 bridgehead atoms. The summed E-state index contributed by atoms with van der Waals surface area (Å²) in [4.78, 5) is 21.5. The summed E-state index contributed by atoms with van der Waals surface area (Å²) in [6, 6.07) is 23.1. The Balaban J connectivity index is 1.40. The van der Waals surface area contributed by atoms with Crippen LogP contribution in [0.3, 0.4) is 0 Å². The lowest BCUT2D eigenvalue weighted by Crippen LogP contribution is -2.32. The van der Waals surface area contributed by atoms with Crippen LogP contribution in [0.1, 0.15) is 25.5 Å². The van der Waals surface area contributed by atoms with Gasteiger partial charge in [0, 0.05) is 24.8 Å². The number of nitrogens with zero attached hydrogens (tertiary/aromatic N) is 7. The van der Waals surface area contributed by atoms with Gasteiger partial charge in [-0.2, -0.15) is 5.26 Å². The number of urea groups is 1. The number of hydrogen-bond donors (Lipinski definition) is 0. The van der Waals surface area contributed by atoms with E-state index in [-0.39, 0.29) is 12.1 Å². The topological polar surface area (TPSA) is 90.9 Å². The number of benzene rings is 2. The van der Waals surface area contributed by atoms with Crippen LogP contribution in [0.15, 0.2) is 73.1 Å². The number of carbonyl (C=O) groups is 1. The van der Waals surface area contributed by atoms with Crippen molar-refractivity contribution in [2.24, 2.45) is 0 Å². The summed E-state index contributed by atoms with van der Waals surface area (Å²) in [5.41, 5.74) is 4.10. The van der Waals surface area contributed by atoms with Crippen LogP contribution in [-0.2, 0) is 0 Å². The summed E-state index contributed by atoms with van der Waals surface area (Å²) in [5.74, 6) is 1.27. The minimum atomic E-state index is -0.119. The SMILES string of the molecule is CC(C)n1cnnc1-c1cccc(N2CCN(c3cccc(-c4ccc(C#N)cc4)c3)C2=O)n1. The van der Waals surface area contributed by atoms with E-state index in [0.717, 1.165) is 16.8 Å². The van der Waals surface area contributed by atoms with Crippen molar-refractivity contribution in [2.75, 3.05) is 22.9 Å². The maximum absolute atomic E-state index is 13.4. The van der Waals surface area contributed by atoms with E-state index in [1.54, 1.807) is 28.3 Å². The Hall–Kier alpha value is -4.51. The van der Waals surface area contributed by atoms with E-state index in [1.165, 1.54) is 0 Å². The predicted molar refractivity (Wildman–Crippen MR) is 130 cm³/mol. The highest BCUT2D eigenvalue weighted by molar-refractivity contribution is 6.05. The van der Waals surface area contributed by atoms with Crippen LogP contribution in [0.4, 0.5) is 16.3 Å². The van der Waals surface area contributed by atoms with Gasteiger partial charge in [-0.25, -0.2) is 9.78 Å². The largest absolute Gasteiger partial charge is 0.330 e. The smallest absolute Gasteiger partial charge is 0.310 e. The highest BCUT2D eigenvalue weighted by Crippen LogP contribution is 2.29. The van der Waals surface area contributed by atoms with Gasteiger partial charge in [0.2, 0.25) is 0 Å². The number of rotatable bonds is 5. The first-order valence-electron chi connectivity index (χ1n) is 11.1. The van der Waals surface area contributed by atoms with E-state index in [0.29, 0.717) is 36.0 Å². The fourth-order valence-electron chi connectivity index (χ4n) is 4.08. The molecule has 168 valence electrons. The van der Waals surface area contributed by atoms with Crippen LogP contribution >= 0.6 is 0 Å². The monoisotopic (exact) mass is 449 g/mol. The van der Waals surface area contributed by atoms with Crippen LogP contribution in [0.2, 0.25) is 0 Å². The molecule has 2 aromatic carbocycles. The Labute approximate surface area is 197 Å². The summed E-state index contributed by atoms with van der Waals surface area (Å²) in [5, 5.41) is 17.3. The predicted octanol–water partition coefficient (Wildman–Crippen LogP) is 4.91. The van der Waals surface area contributed by atoms with Gasteiger partial charge < -0.3 is 4.57 Å². The summed E-state index contributed by atoms with van der Waals surface area (Å²) < 4.78 is 1.96. The lowest BCUT2D eigenvalue weighted by Gasteiger charge is -2.19. The zero-order valence-electron chi connectivity index (χ0n) is 19.0. The van der Waals surface area contributed by atoms with Crippen molar-refractivity contribution in [3.05, 3.63) is 78.6 Å². The van der Waals surface area contributed by atoms with Crippen molar-refractivity contribution in [1.82, 2.24) is 19.7 Å². The van der Waals surface area contributed by atoms with E-state index in [4.69, 9.17) is 10.2 Å². The molecular formula is C26H23N7O. The molecule has 0 saturated carbocycles. The van der Waals surface area contributed by atoms with E-state index in [9.17, 15) is 4.79 Å². The molecule has 1 fully saturated rings. The van der Waals surface area contributed by atoms with Gasteiger partial charge in [0.15, 0.2) is 5.82 Å². The Kier molecular flexibility index (Phi) is 5.52. The van der Waals surface area contributed by atoms with Gasteiger partial charge in [-0.1, -0.05) is 30.3 Å². The number of nitriles is 1. The van der Waals surface area contributed by atoms with Crippen molar-refractivity contribution in [2.45, 2.75) is 19.9 Å². The molecule has 1 saturated heterocycles. The van der Waals surface area contributed by atoms with Crippen LogP contribution < -0.4 is 9.80 Å². The molecular weight excluding hydrogens is 426 g/mol. The zero-order valence-corrected chi connectivity index (χ0v) is 19.0. The van der Waals surface area contributed by atoms with Crippen molar-refractivity contribution in [3.8, 4) is 28.7 Å². The molecule has 1 aliphatic rings. The molecule has 34 heavy (non-hydrogen) atoms. The molecule has 2 aromatic heterocycles. The first kappa shape index (κ1) is 21.3. The Morgan fingerprint density at radius 1 is 0.941 bits per heavy atom. The third-order valence-corrected chi connectivity index (χ3v) is 5.88. The molecule has 8 heteroatoms. The quantitative estimate of drug-likeness (QED) is 0.432. The molecule has 8 nitrogen and oxygen atoms in total. The number of aromatic nitrogens is 4. The maximum atomic E-state index is 13.4. The fraction of sp³-hybridized carbons (Fsp3) is 0.192. The Bertz CT molecular complexity index is 1380. The van der Waals surface area contributed by atoms with Crippen LogP contribution in [0.5, 0.6) is 0 Å².